The molecule has 3 aromatic rings. The molecule has 0 saturated heterocycles. The zero-order chi connectivity index (χ0) is 22.1. The molecule has 0 aliphatic carbocycles. The predicted molar refractivity (Wildman–Crippen MR) is 107 cm³/mol. The second-order valence-electron chi connectivity index (χ2n) is 6.35. The first-order valence-electron chi connectivity index (χ1n) is 8.98. The first-order chi connectivity index (χ1) is 14.2. The third kappa shape index (κ3) is 4.15. The van der Waals surface area contributed by atoms with Crippen molar-refractivity contribution in [2.24, 2.45) is 0 Å². The van der Waals surface area contributed by atoms with Crippen molar-refractivity contribution in [3.05, 3.63) is 58.0 Å². The lowest BCUT2D eigenvalue weighted by Gasteiger charge is -2.16. The van der Waals surface area contributed by atoms with Crippen molar-refractivity contribution in [1.29, 1.82) is 0 Å². The summed E-state index contributed by atoms with van der Waals surface area (Å²) in [5.74, 6) is -0.648. The molecule has 3 rings (SSSR count). The summed E-state index contributed by atoms with van der Waals surface area (Å²) in [5.41, 5.74) is -2.92. The van der Waals surface area contributed by atoms with Crippen LogP contribution in [0.4, 0.5) is 17.6 Å². The lowest BCUT2D eigenvalue weighted by atomic mass is 10.0. The maximum Gasteiger partial charge on any atom is 0.419 e. The Kier molecular flexibility index (Phi) is 6.37. The number of hydrogen-bond acceptors (Lipinski definition) is 4. The molecule has 0 aliphatic heterocycles. The quantitative estimate of drug-likeness (QED) is 0.428. The van der Waals surface area contributed by atoms with Gasteiger partial charge in [-0.15, -0.1) is 0 Å². The first kappa shape index (κ1) is 22.1. The number of aromatic nitrogens is 2. The van der Waals surface area contributed by atoms with Crippen molar-refractivity contribution in [3.63, 3.8) is 0 Å². The van der Waals surface area contributed by atoms with E-state index >= 15 is 0 Å². The molecular formula is C20H18F4N2O3S. The van der Waals surface area contributed by atoms with Crippen LogP contribution in [0.1, 0.15) is 12.5 Å². The van der Waals surface area contributed by atoms with E-state index in [-0.39, 0.29) is 17.7 Å². The van der Waals surface area contributed by atoms with E-state index < -0.39 is 45.4 Å². The smallest absolute Gasteiger partial charge is 0.419 e. The van der Waals surface area contributed by atoms with Crippen LogP contribution in [0.15, 0.2) is 41.2 Å². The van der Waals surface area contributed by atoms with Crippen LogP contribution in [0.5, 0.6) is 5.75 Å². The van der Waals surface area contributed by atoms with E-state index in [2.05, 4.69) is 5.10 Å². The summed E-state index contributed by atoms with van der Waals surface area (Å²) in [7, 11) is 1.40. The van der Waals surface area contributed by atoms with Crippen LogP contribution >= 0.6 is 0 Å². The Morgan fingerprint density at radius 2 is 1.90 bits per heavy atom. The molecule has 0 amide bonds. The lowest BCUT2D eigenvalue weighted by molar-refractivity contribution is -0.139. The number of fused-ring (bicyclic) bond motifs is 1. The third-order valence-electron chi connectivity index (χ3n) is 4.57. The van der Waals surface area contributed by atoms with Crippen molar-refractivity contribution >= 4 is 22.1 Å². The van der Waals surface area contributed by atoms with Gasteiger partial charge in [-0.2, -0.15) is 18.3 Å². The summed E-state index contributed by atoms with van der Waals surface area (Å²) in [6.45, 7) is 1.85. The van der Waals surface area contributed by atoms with E-state index in [1.807, 2.05) is 0 Å². The van der Waals surface area contributed by atoms with Gasteiger partial charge in [0.1, 0.15) is 34.3 Å². The largest absolute Gasteiger partial charge is 0.616 e. The molecule has 0 N–H and O–H groups in total. The van der Waals surface area contributed by atoms with Gasteiger partial charge in [-0.3, -0.25) is 9.48 Å². The summed E-state index contributed by atoms with van der Waals surface area (Å²) >= 11 is -1.16. The van der Waals surface area contributed by atoms with Crippen molar-refractivity contribution in [3.8, 4) is 17.0 Å². The zero-order valence-corrected chi connectivity index (χ0v) is 16.9. The molecular weight excluding hydrogens is 424 g/mol. The van der Waals surface area contributed by atoms with E-state index in [1.165, 1.54) is 17.9 Å². The minimum Gasteiger partial charge on any atom is -0.616 e. The normalized spacial score (nSPS) is 12.9. The van der Waals surface area contributed by atoms with Gasteiger partial charge in [-0.25, -0.2) is 4.39 Å². The molecule has 0 saturated carbocycles. The Hall–Kier alpha value is -2.59. The standard InChI is InChI=1S/C20H18F4N2O3S/c1-3-30(28)11-10-26-18-13(7-5-9-15(18)29-2)19(27)17(25-26)12-6-4-8-14(16(12)21)20(22,23)24/h4-9H,3,10-11H2,1-2H3. The van der Waals surface area contributed by atoms with E-state index in [0.29, 0.717) is 23.1 Å². The van der Waals surface area contributed by atoms with E-state index in [1.54, 1.807) is 19.1 Å². The second kappa shape index (κ2) is 8.65. The summed E-state index contributed by atoms with van der Waals surface area (Å²) in [4.78, 5) is 13.0. The Morgan fingerprint density at radius 3 is 2.53 bits per heavy atom. The maximum absolute atomic E-state index is 14.7. The molecule has 30 heavy (non-hydrogen) atoms. The van der Waals surface area contributed by atoms with Crippen molar-refractivity contribution in [2.75, 3.05) is 18.6 Å². The number of nitrogens with zero attached hydrogens (tertiary/aromatic N) is 2. The van der Waals surface area contributed by atoms with Gasteiger partial charge >= 0.3 is 6.18 Å². The Balaban J connectivity index is 2.30. The van der Waals surface area contributed by atoms with E-state index in [4.69, 9.17) is 4.74 Å². The van der Waals surface area contributed by atoms with E-state index in [0.717, 1.165) is 12.1 Å². The number of para-hydroxylation sites is 1. The monoisotopic (exact) mass is 442 g/mol. The fourth-order valence-electron chi connectivity index (χ4n) is 3.08. The number of halogens is 4. The van der Waals surface area contributed by atoms with Gasteiger partial charge in [0.05, 0.1) is 24.6 Å². The molecule has 0 bridgehead atoms. The zero-order valence-electron chi connectivity index (χ0n) is 16.1. The molecule has 1 heterocycles. The van der Waals surface area contributed by atoms with Gasteiger partial charge in [-0.05, 0) is 31.2 Å². The molecule has 0 radical (unpaired) electrons. The molecule has 2 aromatic carbocycles. The average molecular weight is 442 g/mol. The van der Waals surface area contributed by atoms with Crippen LogP contribution in [0.3, 0.4) is 0 Å². The van der Waals surface area contributed by atoms with Crippen LogP contribution in [-0.4, -0.2) is 32.9 Å². The number of alkyl halides is 3. The number of hydrogen-bond donors (Lipinski definition) is 0. The lowest BCUT2D eigenvalue weighted by Crippen LogP contribution is -2.22. The van der Waals surface area contributed by atoms with Gasteiger partial charge in [0.15, 0.2) is 0 Å². The molecule has 10 heteroatoms. The Labute approximate surface area is 172 Å². The molecule has 5 nitrogen and oxygen atoms in total. The van der Waals surface area contributed by atoms with Crippen molar-refractivity contribution in [2.45, 2.75) is 19.6 Å². The molecule has 160 valence electrons. The topological polar surface area (TPSA) is 67.2 Å². The highest BCUT2D eigenvalue weighted by atomic mass is 32.2. The highest BCUT2D eigenvalue weighted by Gasteiger charge is 2.35. The fourth-order valence-corrected chi connectivity index (χ4v) is 3.75. The summed E-state index contributed by atoms with van der Waals surface area (Å²) in [6.07, 6.45) is -4.92. The molecule has 1 aromatic heterocycles. The van der Waals surface area contributed by atoms with Crippen molar-refractivity contribution in [1.82, 2.24) is 9.78 Å². The number of rotatable bonds is 6. The third-order valence-corrected chi connectivity index (χ3v) is 5.85. The predicted octanol–water partition coefficient (Wildman–Crippen LogP) is 4.00. The SMILES string of the molecule is CC[S+]([O-])CCn1nc(-c2cccc(C(F)(F)F)c2F)c(=O)c2cccc(OC)c21. The first-order valence-corrected chi connectivity index (χ1v) is 10.5. The number of methoxy groups -OCH3 is 1. The maximum atomic E-state index is 14.7. The number of ether oxygens (including phenoxy) is 1. The van der Waals surface area contributed by atoms with Crippen LogP contribution in [0, 0.1) is 5.82 Å². The van der Waals surface area contributed by atoms with Crippen LogP contribution in [0.2, 0.25) is 0 Å². The molecule has 0 fully saturated rings. The minimum atomic E-state index is -4.92. The Bertz CT molecular complexity index is 1130. The molecule has 1 atom stereocenters. The van der Waals surface area contributed by atoms with Crippen LogP contribution in [0.25, 0.3) is 22.2 Å². The van der Waals surface area contributed by atoms with Gasteiger partial charge in [0.25, 0.3) is 0 Å². The van der Waals surface area contributed by atoms with Crippen molar-refractivity contribution < 1.29 is 26.9 Å². The van der Waals surface area contributed by atoms with Gasteiger partial charge < -0.3 is 9.29 Å². The summed E-state index contributed by atoms with van der Waals surface area (Å²) in [5, 5.41) is 4.26. The van der Waals surface area contributed by atoms with Gasteiger partial charge in [0.2, 0.25) is 5.43 Å². The Morgan fingerprint density at radius 1 is 1.20 bits per heavy atom. The molecule has 0 aliphatic rings. The highest BCUT2D eigenvalue weighted by molar-refractivity contribution is 7.91. The van der Waals surface area contributed by atoms with E-state index in [9.17, 15) is 26.9 Å². The van der Waals surface area contributed by atoms with Crippen LogP contribution in [-0.2, 0) is 23.9 Å². The molecule has 1 unspecified atom stereocenters. The molecule has 0 spiro atoms. The highest BCUT2D eigenvalue weighted by Crippen LogP contribution is 2.35. The fraction of sp³-hybridized carbons (Fsp3) is 0.300. The van der Waals surface area contributed by atoms with Gasteiger partial charge in [0, 0.05) is 5.56 Å². The van der Waals surface area contributed by atoms with Gasteiger partial charge in [-0.1, -0.05) is 23.3 Å². The number of aryl methyl sites for hydroxylation is 1. The minimum absolute atomic E-state index is 0.102. The van der Waals surface area contributed by atoms with Crippen LogP contribution < -0.4 is 10.2 Å². The summed E-state index contributed by atoms with van der Waals surface area (Å²) in [6, 6.07) is 7.31. The second-order valence-corrected chi connectivity index (χ2v) is 8.22. The average Bonchev–Trinajstić information content (AvgIpc) is 2.72. The summed E-state index contributed by atoms with van der Waals surface area (Å²) < 4.78 is 72.6. The number of benzene rings is 2.